The molecule has 8 bridgehead atoms. The van der Waals surface area contributed by atoms with Crippen LogP contribution in [-0.2, 0) is 0 Å². The van der Waals surface area contributed by atoms with Crippen molar-refractivity contribution in [1.82, 2.24) is 0 Å². The number of rotatable bonds is 4. The predicted octanol–water partition coefficient (Wildman–Crippen LogP) is 11.3. The largest absolute Gasteiger partial charge is 0.147 e. The minimum absolute atomic E-state index is 0.579. The van der Waals surface area contributed by atoms with Crippen LogP contribution < -0.4 is 0 Å². The van der Waals surface area contributed by atoms with E-state index in [0.717, 1.165) is 23.7 Å². The fourth-order valence-electron chi connectivity index (χ4n) is 11.8. The van der Waals surface area contributed by atoms with Gasteiger partial charge in [0.05, 0.1) is 0 Å². The molecular formula is C42H52S. The van der Waals surface area contributed by atoms with E-state index in [4.69, 9.17) is 12.6 Å². The molecule has 0 aliphatic heterocycles. The maximum Gasteiger partial charge on any atom is -0.00925 e. The van der Waals surface area contributed by atoms with Crippen molar-refractivity contribution in [2.45, 2.75) is 86.5 Å². The van der Waals surface area contributed by atoms with E-state index in [1.165, 1.54) is 72.1 Å². The van der Waals surface area contributed by atoms with E-state index in [9.17, 15) is 0 Å². The fourth-order valence-corrected chi connectivity index (χ4v) is 12.3. The van der Waals surface area contributed by atoms with Gasteiger partial charge in [-0.3, -0.25) is 0 Å². The van der Waals surface area contributed by atoms with Gasteiger partial charge in [0.2, 0.25) is 0 Å². The van der Waals surface area contributed by atoms with Crippen molar-refractivity contribution >= 4 is 12.6 Å². The van der Waals surface area contributed by atoms with Crippen LogP contribution in [-0.4, -0.2) is 0 Å². The van der Waals surface area contributed by atoms with Gasteiger partial charge in [0.15, 0.2) is 0 Å². The molecule has 8 rings (SSSR count). The van der Waals surface area contributed by atoms with Crippen LogP contribution in [0.15, 0.2) is 104 Å². The zero-order chi connectivity index (χ0) is 29.8. The van der Waals surface area contributed by atoms with Gasteiger partial charge in [0, 0.05) is 0 Å². The number of hydrogen-bond donors (Lipinski definition) is 1. The normalized spacial score (nSPS) is 45.4. The molecule has 0 saturated heterocycles. The zero-order valence-electron chi connectivity index (χ0n) is 27.4. The predicted molar refractivity (Wildman–Crippen MR) is 185 cm³/mol. The quantitative estimate of drug-likeness (QED) is 0.245. The Kier molecular flexibility index (Phi) is 6.80. The minimum atomic E-state index is 0.579. The van der Waals surface area contributed by atoms with E-state index in [1.54, 1.807) is 22.3 Å². The minimum Gasteiger partial charge on any atom is -0.147 e. The summed E-state index contributed by atoms with van der Waals surface area (Å²) >= 11 is 5.08. The van der Waals surface area contributed by atoms with E-state index in [2.05, 4.69) is 96.2 Å². The lowest BCUT2D eigenvalue weighted by molar-refractivity contribution is 0.156. The van der Waals surface area contributed by atoms with Gasteiger partial charge >= 0.3 is 0 Å². The van der Waals surface area contributed by atoms with Crippen molar-refractivity contribution in [2.75, 3.05) is 0 Å². The van der Waals surface area contributed by atoms with Gasteiger partial charge in [-0.25, -0.2) is 0 Å². The monoisotopic (exact) mass is 588 g/mol. The molecule has 43 heavy (non-hydrogen) atoms. The molecule has 11 unspecified atom stereocenters. The summed E-state index contributed by atoms with van der Waals surface area (Å²) in [5.41, 5.74) is 13.0. The molecule has 226 valence electrons. The van der Waals surface area contributed by atoms with Crippen LogP contribution in [0.5, 0.6) is 0 Å². The average Bonchev–Trinajstić information content (AvgIpc) is 3.84. The lowest BCUT2D eigenvalue weighted by atomic mass is 9.61. The Morgan fingerprint density at radius 1 is 1.07 bits per heavy atom. The van der Waals surface area contributed by atoms with Crippen molar-refractivity contribution in [1.29, 1.82) is 0 Å². The summed E-state index contributed by atoms with van der Waals surface area (Å²) in [6, 6.07) is 0. The summed E-state index contributed by atoms with van der Waals surface area (Å²) < 4.78 is 0. The molecule has 11 atom stereocenters. The molecule has 0 nitrogen and oxygen atoms in total. The Bertz CT molecular complexity index is 1530. The maximum atomic E-state index is 5.08. The van der Waals surface area contributed by atoms with Gasteiger partial charge in [-0.2, -0.15) is 0 Å². The highest BCUT2D eigenvalue weighted by atomic mass is 32.1. The van der Waals surface area contributed by atoms with Crippen LogP contribution in [0.3, 0.4) is 0 Å². The van der Waals surface area contributed by atoms with Crippen molar-refractivity contribution in [3.05, 3.63) is 104 Å². The first kappa shape index (κ1) is 28.5. The van der Waals surface area contributed by atoms with Gasteiger partial charge in [-0.05, 0) is 183 Å². The van der Waals surface area contributed by atoms with Crippen molar-refractivity contribution in [2.24, 2.45) is 64.6 Å². The lowest BCUT2D eigenvalue weighted by Gasteiger charge is -2.43. The van der Waals surface area contributed by atoms with E-state index in [-0.39, 0.29) is 0 Å². The third-order valence-electron chi connectivity index (χ3n) is 14.3. The summed E-state index contributed by atoms with van der Waals surface area (Å²) in [5, 5.41) is 0. The molecule has 1 heteroatoms. The van der Waals surface area contributed by atoms with E-state index in [1.807, 2.05) is 0 Å². The van der Waals surface area contributed by atoms with Gasteiger partial charge in [-0.1, -0.05) is 72.8 Å². The van der Waals surface area contributed by atoms with Crippen LogP contribution in [0.25, 0.3) is 0 Å². The van der Waals surface area contributed by atoms with E-state index in [0.29, 0.717) is 40.9 Å². The number of fused-ring (bicyclic) bond motifs is 7. The third kappa shape index (κ3) is 4.15. The molecule has 0 aromatic carbocycles. The SMILES string of the molecule is C/C=C(/C)C1C(C)C12CC2CC1CC=CC2=CC1C1CC=C(C(C)=C(C)C1C1C=CC3=CC1CC1CCC3=C1S)/C2=C/C. The molecule has 0 radical (unpaired) electrons. The standard InChI is InChI=1S/C42H52S/c1-7-23(3)40-26(6)42(40)22-32(42)20-27-10-9-11-28-21-38(27)37-17-16-34(33(28)8-2)24(4)25(5)39(37)35-14-12-29-18-31(35)19-30-13-15-36(29)41(30)43/h7-9,11-12,14,16,18,21,26-27,30-32,35,37-40,43H,10,13,15,17,19-20,22H2,1-6H3/b23-7-,33-8+. The molecule has 0 aromatic heterocycles. The lowest BCUT2D eigenvalue weighted by Crippen LogP contribution is -2.36. The van der Waals surface area contributed by atoms with Crippen molar-refractivity contribution in [3.8, 4) is 0 Å². The Hall–Kier alpha value is -1.99. The number of hydrogen-bond acceptors (Lipinski definition) is 1. The second kappa shape index (κ2) is 10.3. The molecule has 0 heterocycles. The third-order valence-corrected chi connectivity index (χ3v) is 14.9. The van der Waals surface area contributed by atoms with Crippen molar-refractivity contribution in [3.63, 3.8) is 0 Å². The Labute approximate surface area is 267 Å². The first-order chi connectivity index (χ1) is 20.8. The summed E-state index contributed by atoms with van der Waals surface area (Å²) in [7, 11) is 0. The Morgan fingerprint density at radius 3 is 2.70 bits per heavy atom. The second-order valence-electron chi connectivity index (χ2n) is 15.8. The summed E-state index contributed by atoms with van der Waals surface area (Å²) in [5.74, 6) is 7.10. The average molecular weight is 589 g/mol. The fraction of sp³-hybridized carbons (Fsp3) is 0.571. The van der Waals surface area contributed by atoms with Crippen LogP contribution in [0, 0.1) is 64.6 Å². The number of thiol groups is 1. The zero-order valence-corrected chi connectivity index (χ0v) is 28.3. The molecule has 0 amide bonds. The molecule has 1 spiro atoms. The topological polar surface area (TPSA) is 0 Å². The molecular weight excluding hydrogens is 537 g/mol. The van der Waals surface area contributed by atoms with Crippen LogP contribution in [0.1, 0.15) is 86.5 Å². The maximum absolute atomic E-state index is 5.08. The first-order valence-electron chi connectivity index (χ1n) is 17.7. The van der Waals surface area contributed by atoms with Gasteiger partial charge in [0.1, 0.15) is 0 Å². The summed E-state index contributed by atoms with van der Waals surface area (Å²) in [6.07, 6.45) is 32.3. The smallest absolute Gasteiger partial charge is 0.00925 e. The highest BCUT2D eigenvalue weighted by Gasteiger charge is 2.75. The van der Waals surface area contributed by atoms with Gasteiger partial charge in [-0.15, -0.1) is 12.6 Å². The summed E-state index contributed by atoms with van der Waals surface area (Å²) in [6.45, 7) is 14.4. The molecule has 2 fully saturated rings. The highest BCUT2D eigenvalue weighted by molar-refractivity contribution is 7.84. The Balaban J connectivity index is 1.17. The van der Waals surface area contributed by atoms with Crippen molar-refractivity contribution < 1.29 is 0 Å². The number of allylic oxidation sites excluding steroid dienone is 18. The molecule has 8 aliphatic rings. The first-order valence-corrected chi connectivity index (χ1v) is 18.1. The molecule has 8 aliphatic carbocycles. The molecule has 2 saturated carbocycles. The van der Waals surface area contributed by atoms with Crippen LogP contribution in [0.4, 0.5) is 0 Å². The molecule has 0 aromatic rings. The van der Waals surface area contributed by atoms with Gasteiger partial charge in [0.25, 0.3) is 0 Å². The van der Waals surface area contributed by atoms with E-state index >= 15 is 0 Å². The Morgan fingerprint density at radius 2 is 1.91 bits per heavy atom. The van der Waals surface area contributed by atoms with Crippen LogP contribution in [0.2, 0.25) is 0 Å². The van der Waals surface area contributed by atoms with E-state index < -0.39 is 0 Å². The second-order valence-corrected chi connectivity index (χ2v) is 16.2. The summed E-state index contributed by atoms with van der Waals surface area (Å²) in [4.78, 5) is 1.40. The van der Waals surface area contributed by atoms with Crippen LogP contribution >= 0.6 is 12.6 Å². The highest BCUT2D eigenvalue weighted by Crippen LogP contribution is 2.81. The van der Waals surface area contributed by atoms with Gasteiger partial charge < -0.3 is 0 Å². The molecule has 0 N–H and O–H groups in total.